The SMILES string of the molecule is CCCCCC(CCCC)OC(=O)CCCc1nc2cc(N(CCCl)CCCl)ccc2n1C.CCCCCCCCCCCCCCCCCCOC(=O)CCCc1nc2cc(N(CCCl)CCCl)ccc2n1C.Cn1c(CCCC(=O)OC2CCCCC2)nc2cc(N(CCCl)CCCl)ccc21. The van der Waals surface area contributed by atoms with E-state index in [4.69, 9.17) is 98.8 Å². The lowest BCUT2D eigenvalue weighted by Gasteiger charge is -2.22. The van der Waals surface area contributed by atoms with E-state index in [9.17, 15) is 14.4 Å². The number of anilines is 3. The summed E-state index contributed by atoms with van der Waals surface area (Å²) in [5.41, 5.74) is 9.38. The number of alkyl halides is 6. The maximum Gasteiger partial charge on any atom is 0.306 e. The Bertz CT molecular complexity index is 3250. The molecule has 3 aromatic heterocycles. The second-order valence-electron chi connectivity index (χ2n) is 28.0. The predicted molar refractivity (Wildman–Crippen MR) is 439 cm³/mol. The molecule has 580 valence electrons. The highest BCUT2D eigenvalue weighted by molar-refractivity contribution is 6.19. The summed E-state index contributed by atoms with van der Waals surface area (Å²) in [6.07, 6.45) is 40.9. The summed E-state index contributed by atoms with van der Waals surface area (Å²) < 4.78 is 23.3. The van der Waals surface area contributed by atoms with E-state index in [0.717, 1.165) is 203 Å². The van der Waals surface area contributed by atoms with Gasteiger partial charge in [-0.25, -0.2) is 15.0 Å². The lowest BCUT2D eigenvalue weighted by Crippen LogP contribution is -2.27. The van der Waals surface area contributed by atoms with Crippen molar-refractivity contribution in [3.8, 4) is 0 Å². The van der Waals surface area contributed by atoms with Crippen LogP contribution in [0.15, 0.2) is 54.6 Å². The van der Waals surface area contributed by atoms with Gasteiger partial charge in [-0.2, -0.15) is 0 Å². The summed E-state index contributed by atoms with van der Waals surface area (Å²) in [6.45, 7) is 11.7. The van der Waals surface area contributed by atoms with Gasteiger partial charge in [-0.15, -0.1) is 69.6 Å². The fourth-order valence-electron chi connectivity index (χ4n) is 13.8. The van der Waals surface area contributed by atoms with Gasteiger partial charge in [0.25, 0.3) is 0 Å². The predicted octanol–water partition coefficient (Wildman–Crippen LogP) is 21.9. The van der Waals surface area contributed by atoms with E-state index in [1.54, 1.807) is 0 Å². The molecular weight excluding hydrogens is 1420 g/mol. The van der Waals surface area contributed by atoms with Gasteiger partial charge in [-0.3, -0.25) is 14.4 Å². The van der Waals surface area contributed by atoms with Crippen LogP contribution in [-0.2, 0) is 69.0 Å². The number of unbranched alkanes of at least 4 members (excludes halogenated alkanes) is 18. The van der Waals surface area contributed by atoms with Crippen molar-refractivity contribution in [3.63, 3.8) is 0 Å². The number of imidazole rings is 3. The Balaban J connectivity index is 0.000000282. The Kier molecular flexibility index (Phi) is 47.0. The van der Waals surface area contributed by atoms with Gasteiger partial charge in [0.15, 0.2) is 0 Å². The summed E-state index contributed by atoms with van der Waals surface area (Å²) in [5.74, 6) is 6.04. The fraction of sp³-hybridized carbons (Fsp3) is 0.707. The van der Waals surface area contributed by atoms with Crippen molar-refractivity contribution in [2.45, 2.75) is 271 Å². The number of fused-ring (bicyclic) bond motifs is 3. The summed E-state index contributed by atoms with van der Waals surface area (Å²) in [7, 11) is 6.10. The lowest BCUT2D eigenvalue weighted by molar-refractivity contribution is -0.151. The third-order valence-corrected chi connectivity index (χ3v) is 20.9. The Morgan fingerprint density at radius 1 is 0.417 bits per heavy atom. The van der Waals surface area contributed by atoms with Gasteiger partial charge < -0.3 is 42.6 Å². The van der Waals surface area contributed by atoms with Crippen LogP contribution >= 0.6 is 69.6 Å². The maximum absolute atomic E-state index is 12.5. The molecular formula is C82H129Cl6N9O6. The minimum Gasteiger partial charge on any atom is -0.466 e. The molecule has 103 heavy (non-hydrogen) atoms. The Morgan fingerprint density at radius 3 is 1.12 bits per heavy atom. The molecule has 0 aliphatic heterocycles. The van der Waals surface area contributed by atoms with Gasteiger partial charge in [-0.05, 0) is 125 Å². The van der Waals surface area contributed by atoms with Crippen molar-refractivity contribution >= 4 is 138 Å². The van der Waals surface area contributed by atoms with E-state index in [1.165, 1.54) is 122 Å². The monoisotopic (exact) mass is 1550 g/mol. The molecule has 0 saturated heterocycles. The molecule has 1 atom stereocenters. The number of benzene rings is 3. The molecule has 1 saturated carbocycles. The molecule has 7 rings (SSSR count). The number of esters is 3. The van der Waals surface area contributed by atoms with Crippen LogP contribution in [0.2, 0.25) is 0 Å². The van der Waals surface area contributed by atoms with E-state index < -0.39 is 0 Å². The molecule has 1 aliphatic carbocycles. The highest BCUT2D eigenvalue weighted by Crippen LogP contribution is 2.29. The molecule has 3 aromatic carbocycles. The van der Waals surface area contributed by atoms with Crippen LogP contribution < -0.4 is 14.7 Å². The molecule has 1 fully saturated rings. The van der Waals surface area contributed by atoms with Gasteiger partial charge in [0.2, 0.25) is 0 Å². The van der Waals surface area contributed by atoms with Crippen LogP contribution in [-0.4, -0.2) is 140 Å². The van der Waals surface area contributed by atoms with Crippen LogP contribution in [0.25, 0.3) is 33.1 Å². The van der Waals surface area contributed by atoms with Crippen LogP contribution in [0, 0.1) is 0 Å². The topological polar surface area (TPSA) is 142 Å². The van der Waals surface area contributed by atoms with Gasteiger partial charge >= 0.3 is 17.9 Å². The quantitative estimate of drug-likeness (QED) is 0.0155. The zero-order valence-electron chi connectivity index (χ0n) is 63.9. The summed E-state index contributed by atoms with van der Waals surface area (Å²) >= 11 is 35.7. The molecule has 0 amide bonds. The first-order valence-electron chi connectivity index (χ1n) is 39.8. The van der Waals surface area contributed by atoms with Crippen molar-refractivity contribution in [1.82, 2.24) is 28.7 Å². The number of aryl methyl sites for hydroxylation is 6. The van der Waals surface area contributed by atoms with E-state index in [-0.39, 0.29) is 30.1 Å². The molecule has 0 N–H and O–H groups in total. The minimum atomic E-state index is -0.0928. The third kappa shape index (κ3) is 33.8. The molecule has 0 bridgehead atoms. The number of carbonyl (C=O) groups excluding carboxylic acids is 3. The molecule has 1 unspecified atom stereocenters. The largest absolute Gasteiger partial charge is 0.466 e. The summed E-state index contributed by atoms with van der Waals surface area (Å²) in [6, 6.07) is 18.9. The van der Waals surface area contributed by atoms with Crippen LogP contribution in [0.4, 0.5) is 17.1 Å². The Labute approximate surface area is 650 Å². The van der Waals surface area contributed by atoms with E-state index in [2.05, 4.69) is 104 Å². The second-order valence-corrected chi connectivity index (χ2v) is 30.2. The average molecular weight is 1550 g/mol. The van der Waals surface area contributed by atoms with Gasteiger partial charge in [0, 0.05) is 151 Å². The highest BCUT2D eigenvalue weighted by atomic mass is 35.5. The molecule has 3 heterocycles. The van der Waals surface area contributed by atoms with Crippen LogP contribution in [0.1, 0.15) is 257 Å². The number of ether oxygens (including phenoxy) is 3. The van der Waals surface area contributed by atoms with Crippen molar-refractivity contribution in [2.24, 2.45) is 21.1 Å². The van der Waals surface area contributed by atoms with Crippen molar-refractivity contribution in [3.05, 3.63) is 72.1 Å². The summed E-state index contributed by atoms with van der Waals surface area (Å²) in [4.78, 5) is 57.8. The smallest absolute Gasteiger partial charge is 0.306 e. The number of nitrogens with zero attached hydrogens (tertiary/aromatic N) is 9. The number of rotatable bonds is 53. The fourth-order valence-corrected chi connectivity index (χ4v) is 15.0. The van der Waals surface area contributed by atoms with Crippen LogP contribution in [0.5, 0.6) is 0 Å². The van der Waals surface area contributed by atoms with Crippen LogP contribution in [0.3, 0.4) is 0 Å². The molecule has 15 nitrogen and oxygen atoms in total. The van der Waals surface area contributed by atoms with Crippen molar-refractivity contribution in [1.29, 1.82) is 0 Å². The van der Waals surface area contributed by atoms with Gasteiger partial charge in [0.05, 0.1) is 39.7 Å². The van der Waals surface area contributed by atoms with Gasteiger partial charge in [0.1, 0.15) is 29.7 Å². The van der Waals surface area contributed by atoms with Crippen molar-refractivity contribution < 1.29 is 28.6 Å². The highest BCUT2D eigenvalue weighted by Gasteiger charge is 2.21. The van der Waals surface area contributed by atoms with E-state index in [1.807, 2.05) is 21.1 Å². The van der Waals surface area contributed by atoms with Gasteiger partial charge in [-0.1, -0.05) is 149 Å². The molecule has 21 heteroatoms. The second kappa shape index (κ2) is 54.2. The number of halogens is 6. The molecule has 6 aromatic rings. The average Bonchev–Trinajstić information content (AvgIpc) is 1.67. The molecule has 1 aliphatic rings. The first-order valence-corrected chi connectivity index (χ1v) is 43.0. The van der Waals surface area contributed by atoms with E-state index >= 15 is 0 Å². The lowest BCUT2D eigenvalue weighted by atomic mass is 9.98. The number of hydrogen-bond donors (Lipinski definition) is 0. The Morgan fingerprint density at radius 2 is 0.748 bits per heavy atom. The maximum atomic E-state index is 12.5. The minimum absolute atomic E-state index is 0.0714. The first kappa shape index (κ1) is 89.2. The number of aromatic nitrogens is 6. The first-order chi connectivity index (χ1) is 50.2. The zero-order chi connectivity index (χ0) is 74.2. The third-order valence-electron chi connectivity index (χ3n) is 19.9. The molecule has 0 spiro atoms. The summed E-state index contributed by atoms with van der Waals surface area (Å²) in [5, 5.41) is 0. The van der Waals surface area contributed by atoms with Crippen molar-refractivity contribution in [2.75, 3.05) is 95.9 Å². The molecule has 0 radical (unpaired) electrons. The zero-order valence-corrected chi connectivity index (χ0v) is 68.5. The number of hydrogen-bond acceptors (Lipinski definition) is 12. The Hall–Kier alpha value is -4.38. The van der Waals surface area contributed by atoms with E-state index in [0.29, 0.717) is 61.1 Å². The number of carbonyl (C=O) groups is 3. The normalized spacial score (nSPS) is 12.7. The standard InChI is InChI=1S/C34H57Cl2N3O2.C26H41Cl2N3O2.C22H31Cl2N3O2/c1-3-4-5-6-7-8-9-10-11-12-13-14-15-16-17-18-28-41-34(40)21-19-20-33-37-31-29-30(22-23-32(31)38(33)2)39(26-24-35)27-25-36;1-4-6-8-11-22(10-7-5-2)33-26(32)13-9-12-25-29-23-20-21(14-15-24(23)30(25)3)31(18-16-27)19-17-28;1-26-20-11-10-17(27(14-12-23)15-13-24)16-19(20)25-21(26)8-5-9-22(28)29-18-6-3-2-4-7-18/h22-23,29H,3-21,24-28H2,1-2H3;14-15,20,22H,4-13,16-19H2,1-3H3;10-11,16,18H,2-9,12-15H2,1H3.